The highest BCUT2D eigenvalue weighted by Crippen LogP contribution is 2.32. The molecule has 0 radical (unpaired) electrons. The Morgan fingerprint density at radius 2 is 1.64 bits per heavy atom. The lowest BCUT2D eigenvalue weighted by Crippen LogP contribution is -2.27. The first kappa shape index (κ1) is 21.5. The Balaban J connectivity index is 1.28. The van der Waals surface area contributed by atoms with Crippen LogP contribution < -0.4 is 14.8 Å². The van der Waals surface area contributed by atoms with Crippen molar-refractivity contribution >= 4 is 15.9 Å². The van der Waals surface area contributed by atoms with Crippen molar-refractivity contribution in [1.82, 2.24) is 9.62 Å². The number of fused-ring (bicyclic) bond motifs is 1. The van der Waals surface area contributed by atoms with E-state index in [9.17, 15) is 13.2 Å². The average Bonchev–Trinajstić information content (AvgIpc) is 3.55. The monoisotopic (exact) mass is 464 g/mol. The van der Waals surface area contributed by atoms with Crippen LogP contribution in [0.1, 0.15) is 28.8 Å². The zero-order valence-electron chi connectivity index (χ0n) is 18.0. The molecule has 1 amide bonds. The maximum absolute atomic E-state index is 12.7. The van der Waals surface area contributed by atoms with E-state index in [4.69, 9.17) is 9.47 Å². The normalized spacial score (nSPS) is 15.5. The Hall–Kier alpha value is -3.36. The van der Waals surface area contributed by atoms with E-state index >= 15 is 0 Å². The molecule has 0 saturated carbocycles. The van der Waals surface area contributed by atoms with Crippen LogP contribution >= 0.6 is 0 Å². The number of benzene rings is 3. The van der Waals surface area contributed by atoms with Gasteiger partial charge >= 0.3 is 0 Å². The zero-order valence-corrected chi connectivity index (χ0v) is 18.8. The van der Waals surface area contributed by atoms with Gasteiger partial charge in [0, 0.05) is 25.2 Å². The van der Waals surface area contributed by atoms with Crippen molar-refractivity contribution in [2.75, 3.05) is 19.9 Å². The minimum absolute atomic E-state index is 0.192. The van der Waals surface area contributed by atoms with E-state index in [0.29, 0.717) is 41.6 Å². The summed E-state index contributed by atoms with van der Waals surface area (Å²) in [5.74, 6) is 1.19. The molecule has 170 valence electrons. The molecule has 0 unspecified atom stereocenters. The number of rotatable bonds is 6. The number of amides is 1. The van der Waals surface area contributed by atoms with E-state index in [1.54, 1.807) is 36.4 Å². The molecule has 1 saturated heterocycles. The summed E-state index contributed by atoms with van der Waals surface area (Å²) in [6, 6.07) is 19.7. The summed E-state index contributed by atoms with van der Waals surface area (Å²) in [6.07, 6.45) is 1.81. The number of hydrogen-bond acceptors (Lipinski definition) is 5. The third-order valence-electron chi connectivity index (χ3n) is 5.91. The van der Waals surface area contributed by atoms with Crippen LogP contribution in [0.5, 0.6) is 11.5 Å². The fourth-order valence-corrected chi connectivity index (χ4v) is 5.59. The molecule has 0 aliphatic carbocycles. The summed E-state index contributed by atoms with van der Waals surface area (Å²) in [7, 11) is -3.44. The van der Waals surface area contributed by atoms with Gasteiger partial charge in [0.25, 0.3) is 5.91 Å². The molecule has 2 aliphatic heterocycles. The second kappa shape index (κ2) is 8.88. The Kier molecular flexibility index (Phi) is 5.78. The van der Waals surface area contributed by atoms with Gasteiger partial charge in [0.2, 0.25) is 16.8 Å². The van der Waals surface area contributed by atoms with Crippen LogP contribution in [0.3, 0.4) is 0 Å². The lowest BCUT2D eigenvalue weighted by Gasteiger charge is -2.15. The van der Waals surface area contributed by atoms with Gasteiger partial charge in [0.15, 0.2) is 11.5 Å². The number of carbonyl (C=O) groups excluding carboxylic acids is 1. The number of sulfonamides is 1. The van der Waals surface area contributed by atoms with Gasteiger partial charge in [0.05, 0.1) is 4.90 Å². The van der Waals surface area contributed by atoms with E-state index in [1.165, 1.54) is 4.31 Å². The summed E-state index contributed by atoms with van der Waals surface area (Å²) in [5, 5.41) is 2.93. The van der Waals surface area contributed by atoms with E-state index < -0.39 is 10.0 Å². The molecule has 0 aromatic heterocycles. The second-order valence-electron chi connectivity index (χ2n) is 8.09. The van der Waals surface area contributed by atoms with Crippen LogP contribution in [0.25, 0.3) is 11.1 Å². The van der Waals surface area contributed by atoms with E-state index in [2.05, 4.69) is 5.32 Å². The van der Waals surface area contributed by atoms with Crippen molar-refractivity contribution in [1.29, 1.82) is 0 Å². The molecule has 33 heavy (non-hydrogen) atoms. The topological polar surface area (TPSA) is 84.9 Å². The standard InChI is InChI=1S/C25H24N2O5S/c28-25(26-16-18-6-11-23-24(14-18)32-17-31-23)21-5-3-4-20(15-21)19-7-9-22(10-8-19)33(29,30)27-12-1-2-13-27/h3-11,14-15H,1-2,12-13,16-17H2,(H,26,28). The molecule has 5 rings (SSSR count). The summed E-state index contributed by atoms with van der Waals surface area (Å²) in [6.45, 7) is 1.73. The van der Waals surface area contributed by atoms with Gasteiger partial charge in [-0.2, -0.15) is 4.31 Å². The first-order valence-corrected chi connectivity index (χ1v) is 12.3. The van der Waals surface area contributed by atoms with Crippen LogP contribution in [-0.4, -0.2) is 38.5 Å². The fraction of sp³-hybridized carbons (Fsp3) is 0.240. The van der Waals surface area contributed by atoms with Crippen molar-refractivity contribution in [3.8, 4) is 22.6 Å². The molecule has 0 spiro atoms. The number of ether oxygens (including phenoxy) is 2. The fourth-order valence-electron chi connectivity index (χ4n) is 4.07. The summed E-state index contributed by atoms with van der Waals surface area (Å²) < 4.78 is 37.7. The van der Waals surface area contributed by atoms with Gasteiger partial charge in [0.1, 0.15) is 0 Å². The first-order valence-electron chi connectivity index (χ1n) is 10.9. The molecule has 0 atom stereocenters. The molecule has 2 heterocycles. The highest BCUT2D eigenvalue weighted by Gasteiger charge is 2.27. The minimum Gasteiger partial charge on any atom is -0.454 e. The van der Waals surface area contributed by atoms with E-state index in [1.807, 2.05) is 30.3 Å². The van der Waals surface area contributed by atoms with Crippen LogP contribution in [0.2, 0.25) is 0 Å². The quantitative estimate of drug-likeness (QED) is 0.600. The maximum Gasteiger partial charge on any atom is 0.251 e. The van der Waals surface area contributed by atoms with Gasteiger partial charge < -0.3 is 14.8 Å². The van der Waals surface area contributed by atoms with Crippen molar-refractivity contribution in [3.63, 3.8) is 0 Å². The number of carbonyl (C=O) groups is 1. The predicted molar refractivity (Wildman–Crippen MR) is 124 cm³/mol. The first-order chi connectivity index (χ1) is 16.0. The van der Waals surface area contributed by atoms with Gasteiger partial charge in [-0.05, 0) is 65.9 Å². The molecule has 0 bridgehead atoms. The van der Waals surface area contributed by atoms with Crippen molar-refractivity contribution in [2.24, 2.45) is 0 Å². The minimum atomic E-state index is -3.44. The molecule has 1 N–H and O–H groups in total. The average molecular weight is 465 g/mol. The third-order valence-corrected chi connectivity index (χ3v) is 7.82. The summed E-state index contributed by atoms with van der Waals surface area (Å²) >= 11 is 0. The predicted octanol–water partition coefficient (Wildman–Crippen LogP) is 3.80. The van der Waals surface area contributed by atoms with Gasteiger partial charge in [-0.3, -0.25) is 4.79 Å². The van der Waals surface area contributed by atoms with Crippen LogP contribution in [-0.2, 0) is 16.6 Å². The Bertz CT molecular complexity index is 1280. The largest absolute Gasteiger partial charge is 0.454 e. The third kappa shape index (κ3) is 4.44. The van der Waals surface area contributed by atoms with Crippen LogP contribution in [0.15, 0.2) is 71.6 Å². The number of nitrogens with one attached hydrogen (secondary N) is 1. The molecule has 3 aromatic carbocycles. The highest BCUT2D eigenvalue weighted by molar-refractivity contribution is 7.89. The molecule has 3 aromatic rings. The number of nitrogens with zero attached hydrogens (tertiary/aromatic N) is 1. The lowest BCUT2D eigenvalue weighted by molar-refractivity contribution is 0.0951. The van der Waals surface area contributed by atoms with Crippen LogP contribution in [0.4, 0.5) is 0 Å². The Morgan fingerprint density at radius 1 is 0.879 bits per heavy atom. The van der Waals surface area contributed by atoms with Gasteiger partial charge in [-0.15, -0.1) is 0 Å². The molecule has 2 aliphatic rings. The number of hydrogen-bond donors (Lipinski definition) is 1. The SMILES string of the molecule is O=C(NCc1ccc2c(c1)OCO2)c1cccc(-c2ccc(S(=O)(=O)N3CCCC3)cc2)c1. The second-order valence-corrected chi connectivity index (χ2v) is 10.0. The molecule has 7 nitrogen and oxygen atoms in total. The highest BCUT2D eigenvalue weighted by atomic mass is 32.2. The van der Waals surface area contributed by atoms with Crippen LogP contribution in [0, 0.1) is 0 Å². The summed E-state index contributed by atoms with van der Waals surface area (Å²) in [4.78, 5) is 13.0. The molecule has 8 heteroatoms. The Labute approximate surface area is 193 Å². The zero-order chi connectivity index (χ0) is 22.8. The van der Waals surface area contributed by atoms with Gasteiger partial charge in [-0.1, -0.05) is 30.3 Å². The smallest absolute Gasteiger partial charge is 0.251 e. The van der Waals surface area contributed by atoms with Crippen molar-refractivity contribution in [3.05, 3.63) is 77.9 Å². The Morgan fingerprint density at radius 3 is 2.42 bits per heavy atom. The molecular weight excluding hydrogens is 440 g/mol. The molecule has 1 fully saturated rings. The summed E-state index contributed by atoms with van der Waals surface area (Å²) in [5.41, 5.74) is 3.14. The maximum atomic E-state index is 12.7. The molecular formula is C25H24N2O5S. The lowest BCUT2D eigenvalue weighted by atomic mass is 10.0. The van der Waals surface area contributed by atoms with Crippen molar-refractivity contribution < 1.29 is 22.7 Å². The van der Waals surface area contributed by atoms with Gasteiger partial charge in [-0.25, -0.2) is 8.42 Å². The van der Waals surface area contributed by atoms with E-state index in [0.717, 1.165) is 29.5 Å². The van der Waals surface area contributed by atoms with Crippen molar-refractivity contribution in [2.45, 2.75) is 24.3 Å². The van der Waals surface area contributed by atoms with E-state index in [-0.39, 0.29) is 12.7 Å².